The summed E-state index contributed by atoms with van der Waals surface area (Å²) in [4.78, 5) is 18.0. The number of carbonyl (C=O) groups excluding carboxylic acids is 1. The van der Waals surface area contributed by atoms with Crippen LogP contribution in [0.4, 0.5) is 0 Å². The molecule has 172 valence electrons. The van der Waals surface area contributed by atoms with Crippen LogP contribution in [-0.4, -0.2) is 62.7 Å². The van der Waals surface area contributed by atoms with Gasteiger partial charge in [0.15, 0.2) is 11.5 Å². The predicted octanol–water partition coefficient (Wildman–Crippen LogP) is 4.23. The third kappa shape index (κ3) is 6.11. The molecule has 0 radical (unpaired) electrons. The smallest absolute Gasteiger partial charge is 0.254 e. The molecular weight excluding hydrogens is 419 g/mol. The molecule has 2 aromatic rings. The number of hydrogen-bond donors (Lipinski definition) is 0. The normalized spacial score (nSPS) is 16.8. The molecular formula is C26H35N2O3P. The number of likely N-dealkylation sites (tertiary alicyclic amines) is 1. The van der Waals surface area contributed by atoms with Crippen molar-refractivity contribution in [3.05, 3.63) is 59.2 Å². The summed E-state index contributed by atoms with van der Waals surface area (Å²) in [5.74, 6) is 1.21. The van der Waals surface area contributed by atoms with Crippen molar-refractivity contribution in [3.8, 4) is 11.5 Å². The van der Waals surface area contributed by atoms with E-state index in [2.05, 4.69) is 46.3 Å². The summed E-state index contributed by atoms with van der Waals surface area (Å²) in [7, 11) is 8.02. The fourth-order valence-electron chi connectivity index (χ4n) is 4.38. The van der Waals surface area contributed by atoms with Crippen LogP contribution in [0, 0.1) is 0 Å². The number of ether oxygens (including phenoxy) is 2. The highest BCUT2D eigenvalue weighted by Crippen LogP contribution is 2.28. The fourth-order valence-corrected chi connectivity index (χ4v) is 4.82. The highest BCUT2D eigenvalue weighted by molar-refractivity contribution is 7.27. The van der Waals surface area contributed by atoms with Gasteiger partial charge < -0.3 is 19.3 Å². The highest BCUT2D eigenvalue weighted by Gasteiger charge is 2.24. The average molecular weight is 455 g/mol. The molecule has 0 N–H and O–H groups in total. The molecule has 32 heavy (non-hydrogen) atoms. The van der Waals surface area contributed by atoms with Gasteiger partial charge in [-0.15, -0.1) is 9.24 Å². The summed E-state index contributed by atoms with van der Waals surface area (Å²) in [5.41, 5.74) is 2.90. The molecule has 2 unspecified atom stereocenters. The van der Waals surface area contributed by atoms with Crippen molar-refractivity contribution in [3.63, 3.8) is 0 Å². The highest BCUT2D eigenvalue weighted by atomic mass is 31.0. The molecule has 2 atom stereocenters. The molecule has 1 aliphatic rings. The number of benzene rings is 2. The van der Waals surface area contributed by atoms with E-state index in [1.807, 2.05) is 29.2 Å². The van der Waals surface area contributed by atoms with Crippen molar-refractivity contribution < 1.29 is 14.3 Å². The van der Waals surface area contributed by atoms with Crippen molar-refractivity contribution in [2.45, 2.75) is 32.2 Å². The summed E-state index contributed by atoms with van der Waals surface area (Å²) in [6, 6.07) is 14.4. The van der Waals surface area contributed by atoms with E-state index >= 15 is 0 Å². The van der Waals surface area contributed by atoms with Crippen LogP contribution in [0.3, 0.4) is 0 Å². The number of carbonyl (C=O) groups is 1. The van der Waals surface area contributed by atoms with Gasteiger partial charge in [-0.2, -0.15) is 0 Å². The van der Waals surface area contributed by atoms with Gasteiger partial charge in [-0.25, -0.2) is 0 Å². The SMILES string of the molecule is COc1cc(C(=O)N(CCC2CCCN2C)C/C(C)=C/c2ccccc2)cc(P)c1OC. The lowest BCUT2D eigenvalue weighted by Crippen LogP contribution is -2.37. The third-order valence-electron chi connectivity index (χ3n) is 6.10. The largest absolute Gasteiger partial charge is 0.493 e. The van der Waals surface area contributed by atoms with E-state index in [-0.39, 0.29) is 5.91 Å². The maximum Gasteiger partial charge on any atom is 0.254 e. The molecule has 1 aliphatic heterocycles. The Morgan fingerprint density at radius 3 is 2.59 bits per heavy atom. The van der Waals surface area contributed by atoms with Crippen LogP contribution >= 0.6 is 9.24 Å². The van der Waals surface area contributed by atoms with Crippen LogP contribution < -0.4 is 14.8 Å². The lowest BCUT2D eigenvalue weighted by atomic mass is 10.1. The lowest BCUT2D eigenvalue weighted by Gasteiger charge is -2.27. The van der Waals surface area contributed by atoms with Gasteiger partial charge in [0.25, 0.3) is 5.91 Å². The minimum absolute atomic E-state index is 0.0103. The molecule has 2 aromatic carbocycles. The van der Waals surface area contributed by atoms with Crippen molar-refractivity contribution in [1.82, 2.24) is 9.80 Å². The first-order chi connectivity index (χ1) is 15.4. The fraction of sp³-hybridized carbons (Fsp3) is 0.423. The Labute approximate surface area is 194 Å². The van der Waals surface area contributed by atoms with Crippen LogP contribution in [0.25, 0.3) is 6.08 Å². The quantitative estimate of drug-likeness (QED) is 0.532. The molecule has 1 heterocycles. The molecule has 0 aliphatic carbocycles. The van der Waals surface area contributed by atoms with Gasteiger partial charge in [0.2, 0.25) is 0 Å². The van der Waals surface area contributed by atoms with Crippen molar-refractivity contribution in [1.29, 1.82) is 0 Å². The number of nitrogens with zero attached hydrogens (tertiary/aromatic N) is 2. The van der Waals surface area contributed by atoms with Crippen LogP contribution in [0.5, 0.6) is 11.5 Å². The standard InChI is InChI=1S/C26H35N2O3P/c1-19(15-20-9-6-5-7-10-20)18-28(14-12-22-11-8-13-27(22)2)26(29)21-16-23(30-3)25(31-4)24(32)17-21/h5-7,9-10,15-17,22H,8,11-14,18,32H2,1-4H3/b19-15+. The first-order valence-corrected chi connectivity index (χ1v) is 11.7. The van der Waals surface area contributed by atoms with Gasteiger partial charge in [-0.1, -0.05) is 42.0 Å². The number of hydrogen-bond acceptors (Lipinski definition) is 4. The Morgan fingerprint density at radius 2 is 1.97 bits per heavy atom. The maximum atomic E-state index is 13.6. The first-order valence-electron chi connectivity index (χ1n) is 11.2. The molecule has 0 aromatic heterocycles. The summed E-state index contributed by atoms with van der Waals surface area (Å²) in [6.07, 6.45) is 5.55. The van der Waals surface area contributed by atoms with Crippen molar-refractivity contribution in [2.24, 2.45) is 0 Å². The monoisotopic (exact) mass is 454 g/mol. The van der Waals surface area contributed by atoms with E-state index in [4.69, 9.17) is 9.47 Å². The average Bonchev–Trinajstić information content (AvgIpc) is 3.20. The van der Waals surface area contributed by atoms with Crippen molar-refractivity contribution >= 4 is 26.5 Å². The molecule has 1 fully saturated rings. The molecule has 1 amide bonds. The van der Waals surface area contributed by atoms with E-state index in [9.17, 15) is 4.79 Å². The van der Waals surface area contributed by atoms with Gasteiger partial charge in [0.05, 0.1) is 14.2 Å². The minimum Gasteiger partial charge on any atom is -0.493 e. The van der Waals surface area contributed by atoms with Crippen LogP contribution in [0.1, 0.15) is 42.1 Å². The maximum absolute atomic E-state index is 13.6. The number of amides is 1. The van der Waals surface area contributed by atoms with Gasteiger partial charge in [0, 0.05) is 30.0 Å². The summed E-state index contributed by atoms with van der Waals surface area (Å²) in [6.45, 7) is 4.53. The first kappa shape index (κ1) is 24.3. The summed E-state index contributed by atoms with van der Waals surface area (Å²) < 4.78 is 10.9. The van der Waals surface area contributed by atoms with Crippen molar-refractivity contribution in [2.75, 3.05) is 40.9 Å². The lowest BCUT2D eigenvalue weighted by molar-refractivity contribution is 0.0757. The predicted molar refractivity (Wildman–Crippen MR) is 135 cm³/mol. The minimum atomic E-state index is 0.0103. The zero-order chi connectivity index (χ0) is 23.1. The number of rotatable bonds is 9. The van der Waals surface area contributed by atoms with E-state index in [1.165, 1.54) is 12.8 Å². The Morgan fingerprint density at radius 1 is 1.22 bits per heavy atom. The third-order valence-corrected chi connectivity index (χ3v) is 6.53. The molecule has 3 rings (SSSR count). The molecule has 1 saturated heterocycles. The second kappa shape index (κ2) is 11.5. The molecule has 6 heteroatoms. The summed E-state index contributed by atoms with van der Waals surface area (Å²) in [5, 5.41) is 0.808. The van der Waals surface area contributed by atoms with Crippen LogP contribution in [-0.2, 0) is 0 Å². The summed E-state index contributed by atoms with van der Waals surface area (Å²) >= 11 is 0. The zero-order valence-corrected chi connectivity index (χ0v) is 20.8. The molecule has 0 bridgehead atoms. The van der Waals surface area contributed by atoms with Gasteiger partial charge in [-0.05, 0) is 57.5 Å². The zero-order valence-electron chi connectivity index (χ0n) is 19.6. The Hall–Kier alpha value is -2.36. The molecule has 0 spiro atoms. The Bertz CT molecular complexity index is 946. The van der Waals surface area contributed by atoms with Crippen LogP contribution in [0.15, 0.2) is 48.0 Å². The van der Waals surface area contributed by atoms with E-state index in [0.29, 0.717) is 36.2 Å². The Kier molecular flexibility index (Phi) is 8.72. The van der Waals surface area contributed by atoms with Gasteiger partial charge in [-0.3, -0.25) is 4.79 Å². The second-order valence-electron chi connectivity index (χ2n) is 8.49. The topological polar surface area (TPSA) is 42.0 Å². The van der Waals surface area contributed by atoms with Gasteiger partial charge in [0.1, 0.15) is 0 Å². The number of methoxy groups -OCH3 is 2. The Balaban J connectivity index is 1.84. The molecule has 0 saturated carbocycles. The second-order valence-corrected chi connectivity index (χ2v) is 9.12. The van der Waals surface area contributed by atoms with Crippen LogP contribution in [0.2, 0.25) is 0 Å². The van der Waals surface area contributed by atoms with Gasteiger partial charge >= 0.3 is 0 Å². The van der Waals surface area contributed by atoms with E-state index in [1.54, 1.807) is 20.3 Å². The van der Waals surface area contributed by atoms with E-state index in [0.717, 1.165) is 29.4 Å². The van der Waals surface area contributed by atoms with E-state index < -0.39 is 0 Å². The molecule has 5 nitrogen and oxygen atoms in total.